The van der Waals surface area contributed by atoms with Crippen molar-refractivity contribution in [3.8, 4) is 0 Å². The third-order valence-electron chi connectivity index (χ3n) is 5.28. The van der Waals surface area contributed by atoms with Crippen molar-refractivity contribution in [1.82, 2.24) is 14.8 Å². The van der Waals surface area contributed by atoms with E-state index in [0.29, 0.717) is 6.04 Å². The molecule has 2 heterocycles. The van der Waals surface area contributed by atoms with E-state index in [1.807, 2.05) is 17.0 Å². The summed E-state index contributed by atoms with van der Waals surface area (Å²) in [7, 11) is 0. The van der Waals surface area contributed by atoms with Crippen LogP contribution in [-0.2, 0) is 6.54 Å². The molecule has 4 heteroatoms. The fraction of sp³-hybridized carbons (Fsp3) is 0.450. The zero-order chi connectivity index (χ0) is 17.3. The molecule has 2 aromatic rings. The van der Waals surface area contributed by atoms with Gasteiger partial charge in [-0.25, -0.2) is 0 Å². The van der Waals surface area contributed by atoms with Gasteiger partial charge >= 0.3 is 0 Å². The smallest absolute Gasteiger partial charge is 0.256 e. The molecule has 1 saturated heterocycles. The molecule has 1 amide bonds. The van der Waals surface area contributed by atoms with Gasteiger partial charge in [0.05, 0.1) is 5.56 Å². The third-order valence-corrected chi connectivity index (χ3v) is 5.28. The quantitative estimate of drug-likeness (QED) is 0.942. The topological polar surface area (TPSA) is 37.3 Å². The zero-order valence-electron chi connectivity index (χ0n) is 15.0. The monoisotopic (exact) mass is 325 g/mol. The highest BCUT2D eigenvalue weighted by Gasteiger charge is 2.30. The normalized spacial score (nSPS) is 21.1. The molecule has 1 aromatic carbocycles. The van der Waals surface area contributed by atoms with Gasteiger partial charge in [0.25, 0.3) is 5.91 Å². The highest BCUT2D eigenvalue weighted by Crippen LogP contribution is 2.21. The summed E-state index contributed by atoms with van der Waals surface area (Å²) in [5.41, 5.74) is 4.28. The average molecular weight is 325 g/mol. The first-order chi connectivity index (χ1) is 11.5. The molecular weight excluding hydrogens is 298 g/mol. The summed E-state index contributed by atoms with van der Waals surface area (Å²) < 4.78 is 2.23. The van der Waals surface area contributed by atoms with Gasteiger partial charge in [0.1, 0.15) is 0 Å². The summed E-state index contributed by atoms with van der Waals surface area (Å²) in [6, 6.07) is 13.0. The van der Waals surface area contributed by atoms with Gasteiger partial charge in [0, 0.05) is 43.1 Å². The minimum Gasteiger partial charge on any atom is -0.344 e. The van der Waals surface area contributed by atoms with E-state index in [9.17, 15) is 4.79 Å². The summed E-state index contributed by atoms with van der Waals surface area (Å²) in [6.07, 6.45) is 0. The maximum Gasteiger partial charge on any atom is 0.256 e. The predicted molar refractivity (Wildman–Crippen MR) is 97.4 cm³/mol. The van der Waals surface area contributed by atoms with Crippen molar-refractivity contribution in [3.05, 3.63) is 58.9 Å². The molecule has 3 rings (SSSR count). The van der Waals surface area contributed by atoms with E-state index in [4.69, 9.17) is 0 Å². The molecule has 0 aliphatic carbocycles. The number of benzene rings is 1. The molecule has 128 valence electrons. The van der Waals surface area contributed by atoms with Crippen molar-refractivity contribution in [2.24, 2.45) is 0 Å². The molecule has 0 spiro atoms. The summed E-state index contributed by atoms with van der Waals surface area (Å²) in [4.78, 5) is 15.1. The second-order valence-corrected chi connectivity index (χ2v) is 6.84. The van der Waals surface area contributed by atoms with Crippen LogP contribution < -0.4 is 5.32 Å². The van der Waals surface area contributed by atoms with Crippen LogP contribution >= 0.6 is 0 Å². The molecule has 2 atom stereocenters. The molecular formula is C20H27N3O. The number of carbonyl (C=O) groups is 1. The summed E-state index contributed by atoms with van der Waals surface area (Å²) >= 11 is 0. The molecule has 1 aliphatic rings. The number of carbonyl (C=O) groups excluding carboxylic acids is 1. The molecule has 0 bridgehead atoms. The number of hydrogen-bond donors (Lipinski definition) is 1. The predicted octanol–water partition coefficient (Wildman–Crippen LogP) is 2.98. The summed E-state index contributed by atoms with van der Waals surface area (Å²) in [6.45, 7) is 10.8. The van der Waals surface area contributed by atoms with E-state index in [-0.39, 0.29) is 11.9 Å². The van der Waals surface area contributed by atoms with Gasteiger partial charge in [0.15, 0.2) is 0 Å². The van der Waals surface area contributed by atoms with Crippen molar-refractivity contribution >= 4 is 5.91 Å². The van der Waals surface area contributed by atoms with Crippen molar-refractivity contribution < 1.29 is 4.79 Å². The third kappa shape index (κ3) is 3.11. The summed E-state index contributed by atoms with van der Waals surface area (Å²) in [5, 5.41) is 3.43. The number of piperazine rings is 1. The van der Waals surface area contributed by atoms with E-state index in [0.717, 1.165) is 36.6 Å². The lowest BCUT2D eigenvalue weighted by molar-refractivity contribution is 0.0602. The molecule has 0 radical (unpaired) electrons. The number of hydrogen-bond acceptors (Lipinski definition) is 2. The van der Waals surface area contributed by atoms with Crippen LogP contribution in [0.2, 0.25) is 0 Å². The van der Waals surface area contributed by atoms with Crippen LogP contribution in [0.15, 0.2) is 36.4 Å². The number of nitrogens with zero attached hydrogens (tertiary/aromatic N) is 2. The second kappa shape index (κ2) is 6.81. The van der Waals surface area contributed by atoms with Crippen molar-refractivity contribution in [1.29, 1.82) is 0 Å². The first-order valence-electron chi connectivity index (χ1n) is 8.74. The number of nitrogens with one attached hydrogen (secondary N) is 1. The Morgan fingerprint density at radius 3 is 2.62 bits per heavy atom. The molecule has 1 aliphatic heterocycles. The molecule has 1 aromatic heterocycles. The van der Waals surface area contributed by atoms with Gasteiger partial charge in [-0.05, 0) is 39.3 Å². The van der Waals surface area contributed by atoms with Gasteiger partial charge in [-0.15, -0.1) is 0 Å². The number of aromatic nitrogens is 1. The maximum absolute atomic E-state index is 13.1. The molecule has 2 unspecified atom stereocenters. The standard InChI is InChI=1S/C20H27N3O/c1-14-12-19(20(24)22-11-10-21-15(2)16(22)3)17(4)23(14)13-18-8-6-5-7-9-18/h5-9,12,15-16,21H,10-11,13H2,1-4H3. The lowest BCUT2D eigenvalue weighted by Gasteiger charge is -2.38. The minimum absolute atomic E-state index is 0.156. The molecule has 0 saturated carbocycles. The van der Waals surface area contributed by atoms with E-state index in [1.165, 1.54) is 5.56 Å². The Kier molecular flexibility index (Phi) is 4.76. The fourth-order valence-corrected chi connectivity index (χ4v) is 3.52. The van der Waals surface area contributed by atoms with E-state index >= 15 is 0 Å². The largest absolute Gasteiger partial charge is 0.344 e. The highest BCUT2D eigenvalue weighted by atomic mass is 16.2. The van der Waals surface area contributed by atoms with Crippen LogP contribution in [0.1, 0.15) is 41.2 Å². The molecule has 1 N–H and O–H groups in total. The van der Waals surface area contributed by atoms with Crippen LogP contribution in [0, 0.1) is 13.8 Å². The van der Waals surface area contributed by atoms with Crippen LogP contribution in [0.4, 0.5) is 0 Å². The first-order valence-corrected chi connectivity index (χ1v) is 8.74. The Morgan fingerprint density at radius 2 is 1.92 bits per heavy atom. The Labute approximate surface area is 144 Å². The SMILES string of the molecule is Cc1cc(C(=O)N2CCNC(C)C2C)c(C)n1Cc1ccccc1. The molecule has 4 nitrogen and oxygen atoms in total. The van der Waals surface area contributed by atoms with Gasteiger partial charge in [0.2, 0.25) is 0 Å². The Bertz CT molecular complexity index is 720. The van der Waals surface area contributed by atoms with Gasteiger partial charge in [-0.3, -0.25) is 4.79 Å². The molecule has 24 heavy (non-hydrogen) atoms. The van der Waals surface area contributed by atoms with E-state index in [2.05, 4.69) is 61.8 Å². The lowest BCUT2D eigenvalue weighted by atomic mass is 10.1. The van der Waals surface area contributed by atoms with Gasteiger partial charge in [-0.1, -0.05) is 30.3 Å². The van der Waals surface area contributed by atoms with Crippen molar-refractivity contribution in [2.45, 2.75) is 46.3 Å². The van der Waals surface area contributed by atoms with E-state index < -0.39 is 0 Å². The fourth-order valence-electron chi connectivity index (χ4n) is 3.52. The van der Waals surface area contributed by atoms with Crippen LogP contribution in [0.25, 0.3) is 0 Å². The Hall–Kier alpha value is -2.07. The van der Waals surface area contributed by atoms with Crippen molar-refractivity contribution in [3.63, 3.8) is 0 Å². The lowest BCUT2D eigenvalue weighted by Crippen LogP contribution is -2.57. The van der Waals surface area contributed by atoms with Crippen molar-refractivity contribution in [2.75, 3.05) is 13.1 Å². The summed E-state index contributed by atoms with van der Waals surface area (Å²) in [5.74, 6) is 0.156. The van der Waals surface area contributed by atoms with Crippen LogP contribution in [-0.4, -0.2) is 40.5 Å². The highest BCUT2D eigenvalue weighted by molar-refractivity contribution is 5.96. The first kappa shape index (κ1) is 16.8. The van der Waals surface area contributed by atoms with Gasteiger partial charge < -0.3 is 14.8 Å². The Balaban J connectivity index is 1.87. The number of amides is 1. The van der Waals surface area contributed by atoms with E-state index in [1.54, 1.807) is 0 Å². The number of aryl methyl sites for hydroxylation is 1. The maximum atomic E-state index is 13.1. The Morgan fingerprint density at radius 1 is 1.21 bits per heavy atom. The van der Waals surface area contributed by atoms with Crippen LogP contribution in [0.5, 0.6) is 0 Å². The number of rotatable bonds is 3. The minimum atomic E-state index is 0.156. The average Bonchev–Trinajstić information content (AvgIpc) is 2.86. The molecule has 1 fully saturated rings. The zero-order valence-corrected chi connectivity index (χ0v) is 15.0. The van der Waals surface area contributed by atoms with Crippen LogP contribution in [0.3, 0.4) is 0 Å². The second-order valence-electron chi connectivity index (χ2n) is 6.84. The van der Waals surface area contributed by atoms with Gasteiger partial charge in [-0.2, -0.15) is 0 Å².